The normalized spacial score (nSPS) is 18.0. The summed E-state index contributed by atoms with van der Waals surface area (Å²) in [6.45, 7) is 2.46. The summed E-state index contributed by atoms with van der Waals surface area (Å²) in [6, 6.07) is 3.51. The van der Waals surface area contributed by atoms with Crippen molar-refractivity contribution in [1.29, 1.82) is 0 Å². The third kappa shape index (κ3) is 1.59. The number of hydrogen-bond acceptors (Lipinski definition) is 2. The second kappa shape index (κ2) is 4.06. The maximum atomic E-state index is 13.8. The Morgan fingerprint density at radius 1 is 1.44 bits per heavy atom. The van der Waals surface area contributed by atoms with E-state index in [-0.39, 0.29) is 11.2 Å². The van der Waals surface area contributed by atoms with Crippen LogP contribution < -0.4 is 10.5 Å². The molecule has 0 unspecified atom stereocenters. The predicted octanol–water partition coefficient (Wildman–Crippen LogP) is 2.52. The first-order chi connectivity index (χ1) is 7.63. The Labute approximate surface area is 95.6 Å². The Kier molecular flexibility index (Phi) is 2.89. The molecule has 1 aliphatic rings. The average molecular weight is 223 g/mol. The summed E-state index contributed by atoms with van der Waals surface area (Å²) >= 11 is 0. The van der Waals surface area contributed by atoms with E-state index in [9.17, 15) is 4.39 Å². The van der Waals surface area contributed by atoms with Gasteiger partial charge in [0.1, 0.15) is 0 Å². The van der Waals surface area contributed by atoms with E-state index in [1.165, 1.54) is 13.2 Å². The van der Waals surface area contributed by atoms with Gasteiger partial charge in [-0.05, 0) is 31.4 Å². The quantitative estimate of drug-likeness (QED) is 0.854. The van der Waals surface area contributed by atoms with Crippen molar-refractivity contribution in [2.45, 2.75) is 31.6 Å². The Hall–Kier alpha value is -1.09. The summed E-state index contributed by atoms with van der Waals surface area (Å²) in [6.07, 6.45) is 3.22. The number of methoxy groups -OCH3 is 1. The van der Waals surface area contributed by atoms with Gasteiger partial charge in [-0.25, -0.2) is 4.39 Å². The SMILES string of the molecule is COc1c(F)cc(C)cc1C1(CN)CCC1. The number of aryl methyl sites for hydroxylation is 1. The molecule has 0 bridgehead atoms. The maximum Gasteiger partial charge on any atom is 0.165 e. The molecule has 2 nitrogen and oxygen atoms in total. The van der Waals surface area contributed by atoms with Crippen molar-refractivity contribution >= 4 is 0 Å². The van der Waals surface area contributed by atoms with Crippen molar-refractivity contribution in [3.05, 3.63) is 29.1 Å². The Morgan fingerprint density at radius 3 is 2.56 bits per heavy atom. The van der Waals surface area contributed by atoms with Gasteiger partial charge in [0.15, 0.2) is 11.6 Å². The molecule has 3 heteroatoms. The topological polar surface area (TPSA) is 35.2 Å². The molecule has 0 radical (unpaired) electrons. The van der Waals surface area contributed by atoms with Gasteiger partial charge >= 0.3 is 0 Å². The van der Waals surface area contributed by atoms with Crippen LogP contribution in [0.5, 0.6) is 5.75 Å². The van der Waals surface area contributed by atoms with E-state index in [2.05, 4.69) is 0 Å². The Morgan fingerprint density at radius 2 is 2.12 bits per heavy atom. The lowest BCUT2D eigenvalue weighted by molar-refractivity contribution is 0.240. The van der Waals surface area contributed by atoms with E-state index < -0.39 is 0 Å². The van der Waals surface area contributed by atoms with Crippen LogP contribution in [0.15, 0.2) is 12.1 Å². The van der Waals surface area contributed by atoms with Crippen LogP contribution in [0.25, 0.3) is 0 Å². The van der Waals surface area contributed by atoms with E-state index in [0.717, 1.165) is 30.4 Å². The fourth-order valence-electron chi connectivity index (χ4n) is 2.52. The first-order valence-electron chi connectivity index (χ1n) is 5.67. The zero-order chi connectivity index (χ0) is 11.8. The van der Waals surface area contributed by atoms with Crippen LogP contribution >= 0.6 is 0 Å². The van der Waals surface area contributed by atoms with Gasteiger partial charge in [0.05, 0.1) is 7.11 Å². The summed E-state index contributed by atoms with van der Waals surface area (Å²) in [5.41, 5.74) is 7.66. The number of hydrogen-bond donors (Lipinski definition) is 1. The van der Waals surface area contributed by atoms with Crippen molar-refractivity contribution in [1.82, 2.24) is 0 Å². The van der Waals surface area contributed by atoms with Crippen molar-refractivity contribution < 1.29 is 9.13 Å². The van der Waals surface area contributed by atoms with Crippen molar-refractivity contribution in [3.63, 3.8) is 0 Å². The minimum atomic E-state index is -0.280. The molecule has 1 aromatic carbocycles. The fraction of sp³-hybridized carbons (Fsp3) is 0.538. The molecule has 0 saturated heterocycles. The molecule has 0 heterocycles. The van der Waals surface area contributed by atoms with Crippen LogP contribution in [0.1, 0.15) is 30.4 Å². The third-order valence-electron chi connectivity index (χ3n) is 3.66. The van der Waals surface area contributed by atoms with Gasteiger partial charge in [-0.15, -0.1) is 0 Å². The highest BCUT2D eigenvalue weighted by molar-refractivity contribution is 5.45. The van der Waals surface area contributed by atoms with Gasteiger partial charge in [-0.2, -0.15) is 0 Å². The summed E-state index contributed by atoms with van der Waals surface area (Å²) < 4.78 is 19.0. The van der Waals surface area contributed by atoms with Crippen molar-refractivity contribution in [3.8, 4) is 5.75 Å². The Bertz CT molecular complexity index is 394. The molecule has 0 aliphatic heterocycles. The van der Waals surface area contributed by atoms with Gasteiger partial charge in [0.25, 0.3) is 0 Å². The van der Waals surface area contributed by atoms with Crippen LogP contribution in [-0.4, -0.2) is 13.7 Å². The second-order valence-corrected chi connectivity index (χ2v) is 4.67. The molecule has 1 aromatic rings. The molecule has 0 spiro atoms. The zero-order valence-electron chi connectivity index (χ0n) is 9.85. The summed E-state index contributed by atoms with van der Waals surface area (Å²) in [5, 5.41) is 0. The third-order valence-corrected chi connectivity index (χ3v) is 3.66. The van der Waals surface area contributed by atoms with Crippen LogP contribution in [0, 0.1) is 12.7 Å². The fourth-order valence-corrected chi connectivity index (χ4v) is 2.52. The zero-order valence-corrected chi connectivity index (χ0v) is 9.85. The van der Waals surface area contributed by atoms with E-state index in [0.29, 0.717) is 12.3 Å². The molecular weight excluding hydrogens is 205 g/mol. The second-order valence-electron chi connectivity index (χ2n) is 4.67. The lowest BCUT2D eigenvalue weighted by Gasteiger charge is -2.42. The maximum absolute atomic E-state index is 13.8. The smallest absolute Gasteiger partial charge is 0.165 e. The largest absolute Gasteiger partial charge is 0.493 e. The van der Waals surface area contributed by atoms with Crippen LogP contribution in [0.3, 0.4) is 0 Å². The molecule has 0 aromatic heterocycles. The molecule has 1 saturated carbocycles. The molecule has 1 fully saturated rings. The van der Waals surface area contributed by atoms with E-state index in [1.807, 2.05) is 13.0 Å². The standard InChI is InChI=1S/C13H18FNO/c1-9-6-10(12(16-2)11(14)7-9)13(8-15)4-3-5-13/h6-7H,3-5,8,15H2,1-2H3. The van der Waals surface area contributed by atoms with E-state index in [1.54, 1.807) is 0 Å². The molecule has 88 valence electrons. The minimum Gasteiger partial charge on any atom is -0.493 e. The lowest BCUT2D eigenvalue weighted by atomic mass is 9.64. The predicted molar refractivity (Wildman–Crippen MR) is 62.3 cm³/mol. The monoisotopic (exact) mass is 223 g/mol. The molecule has 2 N–H and O–H groups in total. The van der Waals surface area contributed by atoms with E-state index >= 15 is 0 Å². The highest BCUT2D eigenvalue weighted by Crippen LogP contribution is 2.47. The summed E-state index contributed by atoms with van der Waals surface area (Å²) in [4.78, 5) is 0. The molecule has 1 aliphatic carbocycles. The van der Waals surface area contributed by atoms with Gasteiger partial charge < -0.3 is 10.5 Å². The number of ether oxygens (including phenoxy) is 1. The van der Waals surface area contributed by atoms with Crippen molar-refractivity contribution in [2.75, 3.05) is 13.7 Å². The van der Waals surface area contributed by atoms with Gasteiger partial charge in [0.2, 0.25) is 0 Å². The summed E-state index contributed by atoms with van der Waals surface area (Å²) in [5.74, 6) is 0.0907. The average Bonchev–Trinajstić information content (AvgIpc) is 2.16. The highest BCUT2D eigenvalue weighted by atomic mass is 19.1. The molecule has 0 atom stereocenters. The molecule has 2 rings (SSSR count). The van der Waals surface area contributed by atoms with Crippen LogP contribution in [0.2, 0.25) is 0 Å². The van der Waals surface area contributed by atoms with Crippen molar-refractivity contribution in [2.24, 2.45) is 5.73 Å². The van der Waals surface area contributed by atoms with Gasteiger partial charge in [-0.3, -0.25) is 0 Å². The van der Waals surface area contributed by atoms with Crippen LogP contribution in [0.4, 0.5) is 4.39 Å². The molecule has 16 heavy (non-hydrogen) atoms. The number of rotatable bonds is 3. The van der Waals surface area contributed by atoms with Gasteiger partial charge in [0, 0.05) is 17.5 Å². The van der Waals surface area contributed by atoms with Crippen LogP contribution in [-0.2, 0) is 5.41 Å². The summed E-state index contributed by atoms with van der Waals surface area (Å²) in [7, 11) is 1.51. The first-order valence-corrected chi connectivity index (χ1v) is 5.67. The molecule has 0 amide bonds. The number of benzene rings is 1. The minimum absolute atomic E-state index is 0.0573. The molecular formula is C13H18FNO. The highest BCUT2D eigenvalue weighted by Gasteiger charge is 2.40. The first kappa shape index (κ1) is 11.4. The Balaban J connectivity index is 2.53. The number of nitrogens with two attached hydrogens (primary N) is 1. The van der Waals surface area contributed by atoms with Gasteiger partial charge in [-0.1, -0.05) is 12.5 Å². The lowest BCUT2D eigenvalue weighted by Crippen LogP contribution is -2.42. The number of halogens is 1. The van der Waals surface area contributed by atoms with E-state index in [4.69, 9.17) is 10.5 Å².